The van der Waals surface area contributed by atoms with Crippen LogP contribution in [0.3, 0.4) is 0 Å². The molecular formula is C15H16BrClN2O. The molecule has 0 unspecified atom stereocenters. The van der Waals surface area contributed by atoms with E-state index in [1.165, 1.54) is 0 Å². The summed E-state index contributed by atoms with van der Waals surface area (Å²) in [5.41, 5.74) is 0.959. The van der Waals surface area contributed by atoms with Crippen molar-refractivity contribution in [3.8, 4) is 11.5 Å². The minimum absolute atomic E-state index is 0.670. The summed E-state index contributed by atoms with van der Waals surface area (Å²) in [6.07, 6.45) is 2.86. The lowest BCUT2D eigenvalue weighted by Gasteiger charge is -2.09. The highest BCUT2D eigenvalue weighted by Gasteiger charge is 2.04. The van der Waals surface area contributed by atoms with Gasteiger partial charge in [-0.1, -0.05) is 18.5 Å². The highest BCUT2D eigenvalue weighted by atomic mass is 79.9. The summed E-state index contributed by atoms with van der Waals surface area (Å²) >= 11 is 9.35. The molecule has 0 amide bonds. The van der Waals surface area contributed by atoms with Crippen LogP contribution in [0.4, 0.5) is 0 Å². The first kappa shape index (κ1) is 15.3. The van der Waals surface area contributed by atoms with Crippen molar-refractivity contribution in [1.82, 2.24) is 10.3 Å². The van der Waals surface area contributed by atoms with Crippen molar-refractivity contribution < 1.29 is 4.74 Å². The standard InChI is InChI=1S/C15H16BrClN2O/c1-2-6-18-10-12-9-13(5-7-19-12)20-15-4-3-11(17)8-14(15)16/h3-5,7-9,18H,2,6,10H2,1H3. The summed E-state index contributed by atoms with van der Waals surface area (Å²) in [5.74, 6) is 1.49. The molecule has 1 aromatic carbocycles. The first-order chi connectivity index (χ1) is 9.69. The lowest BCUT2D eigenvalue weighted by atomic mass is 10.3. The second-order valence-corrected chi connectivity index (χ2v) is 5.63. The van der Waals surface area contributed by atoms with Gasteiger partial charge in [0.15, 0.2) is 0 Å². The van der Waals surface area contributed by atoms with Gasteiger partial charge in [-0.15, -0.1) is 0 Å². The van der Waals surface area contributed by atoms with Crippen molar-refractivity contribution in [3.63, 3.8) is 0 Å². The van der Waals surface area contributed by atoms with Crippen molar-refractivity contribution >= 4 is 27.5 Å². The Morgan fingerprint density at radius 1 is 1.30 bits per heavy atom. The fourth-order valence-electron chi connectivity index (χ4n) is 1.69. The summed E-state index contributed by atoms with van der Waals surface area (Å²) in [6.45, 7) is 3.86. The summed E-state index contributed by atoms with van der Waals surface area (Å²) < 4.78 is 6.66. The van der Waals surface area contributed by atoms with Crippen LogP contribution >= 0.6 is 27.5 Å². The molecule has 0 saturated heterocycles. The zero-order valence-corrected chi connectivity index (χ0v) is 13.5. The number of rotatable bonds is 6. The highest BCUT2D eigenvalue weighted by molar-refractivity contribution is 9.10. The number of aromatic nitrogens is 1. The van der Waals surface area contributed by atoms with Crippen LogP contribution in [0.1, 0.15) is 19.0 Å². The van der Waals surface area contributed by atoms with Gasteiger partial charge in [-0.05, 0) is 53.2 Å². The van der Waals surface area contributed by atoms with Gasteiger partial charge in [0.05, 0.1) is 10.2 Å². The third-order valence-electron chi connectivity index (χ3n) is 2.64. The topological polar surface area (TPSA) is 34.1 Å². The second-order valence-electron chi connectivity index (χ2n) is 4.34. The van der Waals surface area contributed by atoms with E-state index in [4.69, 9.17) is 16.3 Å². The van der Waals surface area contributed by atoms with Crippen LogP contribution in [0.25, 0.3) is 0 Å². The van der Waals surface area contributed by atoms with Gasteiger partial charge in [0.25, 0.3) is 0 Å². The molecule has 1 heterocycles. The van der Waals surface area contributed by atoms with E-state index in [0.29, 0.717) is 5.02 Å². The highest BCUT2D eigenvalue weighted by Crippen LogP contribution is 2.31. The summed E-state index contributed by atoms with van der Waals surface area (Å²) in [6, 6.07) is 9.21. The number of benzene rings is 1. The van der Waals surface area contributed by atoms with Crippen molar-refractivity contribution in [2.75, 3.05) is 6.54 Å². The third kappa shape index (κ3) is 4.47. The Bertz CT molecular complexity index is 578. The second kappa shape index (κ2) is 7.62. The largest absolute Gasteiger partial charge is 0.456 e. The zero-order valence-electron chi connectivity index (χ0n) is 11.2. The predicted molar refractivity (Wildman–Crippen MR) is 85.5 cm³/mol. The molecule has 0 atom stereocenters. The van der Waals surface area contributed by atoms with Gasteiger partial charge in [0.2, 0.25) is 0 Å². The van der Waals surface area contributed by atoms with Gasteiger partial charge in [-0.2, -0.15) is 0 Å². The zero-order chi connectivity index (χ0) is 14.4. The smallest absolute Gasteiger partial charge is 0.141 e. The van der Waals surface area contributed by atoms with Crippen LogP contribution in [0.15, 0.2) is 41.0 Å². The number of nitrogens with one attached hydrogen (secondary N) is 1. The van der Waals surface area contributed by atoms with Gasteiger partial charge in [0, 0.05) is 23.8 Å². The Hall–Kier alpha value is -1.10. The normalized spacial score (nSPS) is 10.6. The molecule has 0 aliphatic rings. The fraction of sp³-hybridized carbons (Fsp3) is 0.267. The number of ether oxygens (including phenoxy) is 1. The number of hydrogen-bond donors (Lipinski definition) is 1. The Morgan fingerprint density at radius 2 is 2.15 bits per heavy atom. The molecule has 1 aromatic heterocycles. The Morgan fingerprint density at radius 3 is 2.90 bits per heavy atom. The molecule has 106 valence electrons. The van der Waals surface area contributed by atoms with Crippen molar-refractivity contribution in [2.45, 2.75) is 19.9 Å². The van der Waals surface area contributed by atoms with Crippen molar-refractivity contribution in [1.29, 1.82) is 0 Å². The van der Waals surface area contributed by atoms with Crippen LogP contribution in [0.5, 0.6) is 11.5 Å². The fourth-order valence-corrected chi connectivity index (χ4v) is 2.46. The van der Waals surface area contributed by atoms with E-state index < -0.39 is 0 Å². The lowest BCUT2D eigenvalue weighted by Crippen LogP contribution is -2.14. The van der Waals surface area contributed by atoms with E-state index in [2.05, 4.69) is 33.2 Å². The molecule has 0 fully saturated rings. The average molecular weight is 356 g/mol. The molecule has 3 nitrogen and oxygen atoms in total. The van der Waals surface area contributed by atoms with Crippen LogP contribution in [-0.2, 0) is 6.54 Å². The molecule has 5 heteroatoms. The Kier molecular flexibility index (Phi) is 5.83. The first-order valence-corrected chi connectivity index (χ1v) is 7.64. The monoisotopic (exact) mass is 354 g/mol. The van der Waals surface area contributed by atoms with Crippen molar-refractivity contribution in [2.24, 2.45) is 0 Å². The van der Waals surface area contributed by atoms with E-state index in [-0.39, 0.29) is 0 Å². The predicted octanol–water partition coefficient (Wildman–Crippen LogP) is 4.79. The number of pyridine rings is 1. The average Bonchev–Trinajstić information content (AvgIpc) is 2.43. The molecule has 0 aliphatic carbocycles. The molecule has 0 radical (unpaired) electrons. The van der Waals surface area contributed by atoms with E-state index in [0.717, 1.165) is 41.2 Å². The molecule has 20 heavy (non-hydrogen) atoms. The maximum atomic E-state index is 5.91. The third-order valence-corrected chi connectivity index (χ3v) is 3.50. The molecule has 2 rings (SSSR count). The summed E-state index contributed by atoms with van der Waals surface area (Å²) in [5, 5.41) is 3.99. The molecule has 0 aliphatic heterocycles. The minimum atomic E-state index is 0.670. The van der Waals surface area contributed by atoms with Crippen LogP contribution in [0, 0.1) is 0 Å². The van der Waals surface area contributed by atoms with Crippen LogP contribution in [-0.4, -0.2) is 11.5 Å². The molecule has 2 aromatic rings. The maximum Gasteiger partial charge on any atom is 0.141 e. The maximum absolute atomic E-state index is 5.91. The number of halogens is 2. The van der Waals surface area contributed by atoms with E-state index in [1.807, 2.05) is 24.3 Å². The molecule has 0 saturated carbocycles. The van der Waals surface area contributed by atoms with E-state index >= 15 is 0 Å². The number of hydrogen-bond acceptors (Lipinski definition) is 3. The van der Waals surface area contributed by atoms with Crippen molar-refractivity contribution in [3.05, 3.63) is 51.7 Å². The van der Waals surface area contributed by atoms with E-state index in [1.54, 1.807) is 12.3 Å². The Balaban J connectivity index is 2.07. The van der Waals surface area contributed by atoms with E-state index in [9.17, 15) is 0 Å². The quantitative estimate of drug-likeness (QED) is 0.757. The number of nitrogens with zero attached hydrogens (tertiary/aromatic N) is 1. The molecule has 0 bridgehead atoms. The molecule has 1 N–H and O–H groups in total. The first-order valence-electron chi connectivity index (χ1n) is 6.47. The van der Waals surface area contributed by atoms with Gasteiger partial charge < -0.3 is 10.1 Å². The summed E-state index contributed by atoms with van der Waals surface area (Å²) in [7, 11) is 0. The van der Waals surface area contributed by atoms with Crippen LogP contribution in [0.2, 0.25) is 5.02 Å². The van der Waals surface area contributed by atoms with Gasteiger partial charge in [-0.25, -0.2) is 0 Å². The van der Waals surface area contributed by atoms with Crippen LogP contribution < -0.4 is 10.1 Å². The molecular weight excluding hydrogens is 340 g/mol. The Labute approximate surface area is 132 Å². The summed E-state index contributed by atoms with van der Waals surface area (Å²) in [4.78, 5) is 4.31. The lowest BCUT2D eigenvalue weighted by molar-refractivity contribution is 0.477. The molecule has 0 spiro atoms. The van der Waals surface area contributed by atoms with Gasteiger partial charge in [-0.3, -0.25) is 4.98 Å². The SMILES string of the molecule is CCCNCc1cc(Oc2ccc(Cl)cc2Br)ccn1. The van der Waals surface area contributed by atoms with Gasteiger partial charge >= 0.3 is 0 Å². The van der Waals surface area contributed by atoms with Gasteiger partial charge in [0.1, 0.15) is 11.5 Å². The minimum Gasteiger partial charge on any atom is -0.456 e.